The van der Waals surface area contributed by atoms with Crippen molar-refractivity contribution in [2.45, 2.75) is 64.6 Å². The van der Waals surface area contributed by atoms with E-state index in [2.05, 4.69) is 53.2 Å². The van der Waals surface area contributed by atoms with Gasteiger partial charge in [0, 0.05) is 40.0 Å². The lowest BCUT2D eigenvalue weighted by Crippen LogP contribution is -2.29. The number of alkyl carbamates (subject to hydrolysis) is 1. The lowest BCUT2D eigenvalue weighted by molar-refractivity contribution is 0.130. The summed E-state index contributed by atoms with van der Waals surface area (Å²) in [5, 5.41) is 6.37. The van der Waals surface area contributed by atoms with Crippen LogP contribution in [0.5, 0.6) is 0 Å². The van der Waals surface area contributed by atoms with Crippen LogP contribution < -0.4 is 15.4 Å². The molecule has 0 atom stereocenters. The van der Waals surface area contributed by atoms with Crippen molar-refractivity contribution in [2.24, 2.45) is 0 Å². The minimum atomic E-state index is -0.478. The first-order chi connectivity index (χ1) is 17.5. The number of carbonyl (C=O) groups is 2. The molecule has 37 heavy (non-hydrogen) atoms. The maximum Gasteiger partial charge on any atom is 0.411 e. The molecule has 0 saturated heterocycles. The molecular formula is C27H34N4O4S2. The maximum absolute atomic E-state index is 11.8. The fourth-order valence-corrected chi connectivity index (χ4v) is 5.06. The molecule has 0 bridgehead atoms. The number of benzene rings is 2. The highest BCUT2D eigenvalue weighted by Crippen LogP contribution is 2.38. The third kappa shape index (κ3) is 9.07. The van der Waals surface area contributed by atoms with E-state index in [0.29, 0.717) is 18.8 Å². The summed E-state index contributed by atoms with van der Waals surface area (Å²) < 4.78 is 13.6. The number of nitrogens with one attached hydrogen (secondary N) is 3. The Bertz CT molecular complexity index is 1200. The van der Waals surface area contributed by atoms with Crippen molar-refractivity contribution < 1.29 is 19.1 Å². The monoisotopic (exact) mass is 542 g/mol. The van der Waals surface area contributed by atoms with Crippen LogP contribution in [0.3, 0.4) is 0 Å². The summed E-state index contributed by atoms with van der Waals surface area (Å²) in [6.45, 7) is 12.4. The Kier molecular flexibility index (Phi) is 9.96. The molecule has 2 amide bonds. The molecule has 0 radical (unpaired) electrons. The van der Waals surface area contributed by atoms with E-state index in [1.807, 2.05) is 36.5 Å². The number of thiazole rings is 1. The van der Waals surface area contributed by atoms with Gasteiger partial charge in [0.2, 0.25) is 0 Å². The van der Waals surface area contributed by atoms with Gasteiger partial charge in [-0.2, -0.15) is 0 Å². The highest BCUT2D eigenvalue weighted by molar-refractivity contribution is 7.97. The molecule has 198 valence electrons. The molecule has 0 fully saturated rings. The SMILES string of the molecule is CCOC(=O)NCc1ccc(-c2cnc(-c3ccc(NC(=O)OC(C)C)cc3)s2)c(SNC(C)(C)C)c1. The zero-order chi connectivity index (χ0) is 27.0. The average molecular weight is 543 g/mol. The maximum atomic E-state index is 11.8. The van der Waals surface area contributed by atoms with E-state index in [9.17, 15) is 9.59 Å². The molecule has 0 aliphatic carbocycles. The number of aromatic nitrogens is 1. The third-order valence-corrected chi connectivity index (χ3v) is 7.07. The molecular weight excluding hydrogens is 508 g/mol. The predicted molar refractivity (Wildman–Crippen MR) is 151 cm³/mol. The van der Waals surface area contributed by atoms with Gasteiger partial charge in [-0.15, -0.1) is 11.3 Å². The minimum absolute atomic E-state index is 0.0860. The topological polar surface area (TPSA) is 102 Å². The van der Waals surface area contributed by atoms with E-state index in [1.165, 1.54) is 0 Å². The van der Waals surface area contributed by atoms with Crippen molar-refractivity contribution in [3.8, 4) is 21.0 Å². The van der Waals surface area contributed by atoms with Crippen LogP contribution in [0.25, 0.3) is 21.0 Å². The number of rotatable bonds is 9. The zero-order valence-corrected chi connectivity index (χ0v) is 23.6. The molecule has 3 rings (SSSR count). The summed E-state index contributed by atoms with van der Waals surface area (Å²) in [6, 6.07) is 13.6. The lowest BCUT2D eigenvalue weighted by Gasteiger charge is -2.21. The number of anilines is 1. The Morgan fingerprint density at radius 2 is 1.81 bits per heavy atom. The predicted octanol–water partition coefficient (Wildman–Crippen LogP) is 7.08. The van der Waals surface area contributed by atoms with Crippen molar-refractivity contribution in [2.75, 3.05) is 11.9 Å². The van der Waals surface area contributed by atoms with Gasteiger partial charge in [0.15, 0.2) is 0 Å². The molecule has 1 heterocycles. The largest absolute Gasteiger partial charge is 0.450 e. The Morgan fingerprint density at radius 1 is 1.08 bits per heavy atom. The van der Waals surface area contributed by atoms with Crippen LogP contribution >= 0.6 is 23.3 Å². The van der Waals surface area contributed by atoms with E-state index in [-0.39, 0.29) is 11.6 Å². The highest BCUT2D eigenvalue weighted by Gasteiger charge is 2.16. The van der Waals surface area contributed by atoms with Crippen LogP contribution in [-0.2, 0) is 16.0 Å². The van der Waals surface area contributed by atoms with E-state index in [1.54, 1.807) is 44.1 Å². The van der Waals surface area contributed by atoms with Crippen LogP contribution in [0.1, 0.15) is 47.1 Å². The minimum Gasteiger partial charge on any atom is -0.450 e. The molecule has 0 spiro atoms. The first-order valence-electron chi connectivity index (χ1n) is 12.1. The molecule has 3 aromatic rings. The molecule has 8 nitrogen and oxygen atoms in total. The fourth-order valence-electron chi connectivity index (χ4n) is 3.12. The molecule has 0 unspecified atom stereocenters. The number of nitrogens with zero attached hydrogens (tertiary/aromatic N) is 1. The molecule has 1 aromatic heterocycles. The molecule has 0 aliphatic rings. The normalized spacial score (nSPS) is 11.3. The molecule has 2 aromatic carbocycles. The summed E-state index contributed by atoms with van der Waals surface area (Å²) in [4.78, 5) is 30.3. The first-order valence-corrected chi connectivity index (χ1v) is 13.7. The van der Waals surface area contributed by atoms with Crippen molar-refractivity contribution in [1.82, 2.24) is 15.0 Å². The summed E-state index contributed by atoms with van der Waals surface area (Å²) >= 11 is 3.15. The number of hydrogen-bond donors (Lipinski definition) is 3. The van der Waals surface area contributed by atoms with Gasteiger partial charge in [-0.05, 0) is 89.4 Å². The van der Waals surface area contributed by atoms with Crippen LogP contribution in [0.4, 0.5) is 15.3 Å². The van der Waals surface area contributed by atoms with Gasteiger partial charge >= 0.3 is 12.2 Å². The number of hydrogen-bond acceptors (Lipinski definition) is 8. The van der Waals surface area contributed by atoms with Crippen LogP contribution in [0.2, 0.25) is 0 Å². The first kappa shape index (κ1) is 28.5. The molecule has 10 heteroatoms. The zero-order valence-electron chi connectivity index (χ0n) is 22.0. The summed E-state index contributed by atoms with van der Waals surface area (Å²) in [5.74, 6) is 0. The average Bonchev–Trinajstić information content (AvgIpc) is 3.31. The van der Waals surface area contributed by atoms with Gasteiger partial charge in [-0.3, -0.25) is 10.0 Å². The van der Waals surface area contributed by atoms with E-state index < -0.39 is 12.2 Å². The quantitative estimate of drug-likeness (QED) is 0.248. The van der Waals surface area contributed by atoms with E-state index in [4.69, 9.17) is 9.47 Å². The number of carbonyl (C=O) groups excluding carboxylic acids is 2. The van der Waals surface area contributed by atoms with Gasteiger partial charge in [-0.1, -0.05) is 12.1 Å². The van der Waals surface area contributed by atoms with Gasteiger partial charge in [0.05, 0.1) is 17.6 Å². The smallest absolute Gasteiger partial charge is 0.411 e. The molecule has 0 saturated carbocycles. The standard InChI is InChI=1S/C27H34N4O4S2/c1-7-34-25(32)29-15-18-8-13-21(22(14-18)37-31-27(4,5)6)23-16-28-24(36-23)19-9-11-20(12-10-19)30-26(33)35-17(2)3/h8-14,16-17,31H,7,15H2,1-6H3,(H,29,32)(H,30,33). The second-order valence-electron chi connectivity index (χ2n) is 9.54. The van der Waals surface area contributed by atoms with Crippen molar-refractivity contribution in [1.29, 1.82) is 0 Å². The Balaban J connectivity index is 1.80. The number of ether oxygens (including phenoxy) is 2. The Labute approximate surface area is 226 Å². The molecule has 0 aliphatic heterocycles. The van der Waals surface area contributed by atoms with Gasteiger partial charge in [0.1, 0.15) is 5.01 Å². The second kappa shape index (κ2) is 12.9. The van der Waals surface area contributed by atoms with E-state index in [0.717, 1.165) is 31.5 Å². The van der Waals surface area contributed by atoms with Crippen molar-refractivity contribution in [3.05, 3.63) is 54.2 Å². The fraction of sp³-hybridized carbons (Fsp3) is 0.370. The second-order valence-corrected chi connectivity index (χ2v) is 11.4. The summed E-state index contributed by atoms with van der Waals surface area (Å²) in [6.07, 6.45) is 0.782. The Morgan fingerprint density at radius 3 is 2.46 bits per heavy atom. The third-order valence-electron chi connectivity index (χ3n) is 4.72. The highest BCUT2D eigenvalue weighted by atomic mass is 32.2. The van der Waals surface area contributed by atoms with Crippen LogP contribution in [0, 0.1) is 0 Å². The number of amides is 2. The summed E-state index contributed by atoms with van der Waals surface area (Å²) in [5.41, 5.74) is 3.55. The van der Waals surface area contributed by atoms with Crippen LogP contribution in [-0.4, -0.2) is 35.4 Å². The van der Waals surface area contributed by atoms with Crippen molar-refractivity contribution in [3.63, 3.8) is 0 Å². The molecule has 3 N–H and O–H groups in total. The van der Waals surface area contributed by atoms with Gasteiger partial charge in [-0.25, -0.2) is 14.6 Å². The summed E-state index contributed by atoms with van der Waals surface area (Å²) in [7, 11) is 0. The lowest BCUT2D eigenvalue weighted by atomic mass is 10.1. The van der Waals surface area contributed by atoms with Gasteiger partial charge < -0.3 is 14.8 Å². The van der Waals surface area contributed by atoms with Crippen LogP contribution in [0.15, 0.2) is 53.6 Å². The van der Waals surface area contributed by atoms with E-state index >= 15 is 0 Å². The Hall–Kier alpha value is -3.08. The van der Waals surface area contributed by atoms with Gasteiger partial charge in [0.25, 0.3) is 0 Å². The van der Waals surface area contributed by atoms with Crippen molar-refractivity contribution >= 4 is 41.2 Å².